The fourth-order valence-electron chi connectivity index (χ4n) is 4.74. The molecule has 1 aliphatic rings. The number of allylic oxidation sites excluding steroid dienone is 6. The number of phenolic OH excluding ortho intramolecular Hbond substituents is 1. The van der Waals surface area contributed by atoms with Crippen LogP contribution in [0.25, 0.3) is 0 Å². The topological polar surface area (TPSA) is 132 Å². The summed E-state index contributed by atoms with van der Waals surface area (Å²) in [6, 6.07) is 0.822. The second-order valence-electron chi connectivity index (χ2n) is 10.9. The minimum absolute atomic E-state index is 0.0179. The lowest BCUT2D eigenvalue weighted by Crippen LogP contribution is -2.47. The molecule has 0 fully saturated rings. The first-order chi connectivity index (χ1) is 17.8. The molecule has 1 atom stereocenters. The van der Waals surface area contributed by atoms with Crippen molar-refractivity contribution in [2.75, 3.05) is 18.8 Å². The van der Waals surface area contributed by atoms with Crippen LogP contribution in [0.15, 0.2) is 50.8 Å². The summed E-state index contributed by atoms with van der Waals surface area (Å²) in [7, 11) is -11.8. The van der Waals surface area contributed by atoms with Crippen LogP contribution in [0.2, 0.25) is 0 Å². The van der Waals surface area contributed by atoms with Crippen molar-refractivity contribution in [3.63, 3.8) is 0 Å². The van der Waals surface area contributed by atoms with Crippen molar-refractivity contribution in [3.05, 3.63) is 46.6 Å². The number of hydrogen-bond donors (Lipinski definition) is 1. The largest absolute Gasteiger partial charge is 0.507 e. The van der Waals surface area contributed by atoms with Crippen LogP contribution in [-0.2, 0) is 35.9 Å². The molecule has 0 saturated carbocycles. The van der Waals surface area contributed by atoms with E-state index in [4.69, 9.17) is 4.74 Å². The predicted octanol–water partition coefficient (Wildman–Crippen LogP) is 5.46. The van der Waals surface area contributed by atoms with Crippen molar-refractivity contribution in [2.24, 2.45) is 0 Å². The molecule has 0 bridgehead atoms. The van der Waals surface area contributed by atoms with Crippen molar-refractivity contribution in [3.8, 4) is 11.5 Å². The molecule has 8 nitrogen and oxygen atoms in total. The van der Waals surface area contributed by atoms with Crippen molar-refractivity contribution in [1.29, 1.82) is 0 Å². The Labute approximate surface area is 234 Å². The molecule has 1 unspecified atom stereocenters. The molecule has 1 aromatic carbocycles. The average Bonchev–Trinajstić information content (AvgIpc) is 2.76. The summed E-state index contributed by atoms with van der Waals surface area (Å²) < 4.78 is 81.8. The lowest BCUT2D eigenvalue weighted by molar-refractivity contribution is 0.112. The van der Waals surface area contributed by atoms with Crippen LogP contribution in [0.5, 0.6) is 11.5 Å². The maximum atomic E-state index is 13.0. The lowest BCUT2D eigenvalue weighted by Gasteiger charge is -2.38. The van der Waals surface area contributed by atoms with Gasteiger partial charge in [0.25, 0.3) is 0 Å². The summed E-state index contributed by atoms with van der Waals surface area (Å²) in [4.78, 5) is -2.61. The monoisotopic (exact) mass is 602 g/mol. The van der Waals surface area contributed by atoms with E-state index in [2.05, 4.69) is 32.9 Å². The highest BCUT2D eigenvalue weighted by atomic mass is 32.2. The molecule has 39 heavy (non-hydrogen) atoms. The van der Waals surface area contributed by atoms with Gasteiger partial charge >= 0.3 is 0 Å². The number of rotatable bonds is 12. The molecule has 1 aliphatic heterocycles. The Morgan fingerprint density at radius 2 is 1.41 bits per heavy atom. The Hall–Kier alpha value is -2.11. The van der Waals surface area contributed by atoms with Crippen molar-refractivity contribution in [1.82, 2.24) is 0 Å². The van der Waals surface area contributed by atoms with Crippen LogP contribution in [0.1, 0.15) is 78.2 Å². The lowest BCUT2D eigenvalue weighted by atomic mass is 9.97. The van der Waals surface area contributed by atoms with Crippen molar-refractivity contribution >= 4 is 29.5 Å². The van der Waals surface area contributed by atoms with E-state index in [1.54, 1.807) is 0 Å². The minimum atomic E-state index is -3.98. The Morgan fingerprint density at radius 1 is 0.872 bits per heavy atom. The van der Waals surface area contributed by atoms with E-state index in [-0.39, 0.29) is 30.6 Å². The quantitative estimate of drug-likeness (QED) is 0.312. The molecule has 0 aromatic heterocycles. The Morgan fingerprint density at radius 3 is 1.90 bits per heavy atom. The molecular weight excluding hydrogens is 561 g/mol. The van der Waals surface area contributed by atoms with Crippen molar-refractivity contribution < 1.29 is 35.1 Å². The summed E-state index contributed by atoms with van der Waals surface area (Å²) in [5, 5.41) is 10.4. The highest BCUT2D eigenvalue weighted by Gasteiger charge is 2.48. The normalized spacial score (nSPS) is 18.8. The van der Waals surface area contributed by atoms with Gasteiger partial charge in [-0.25, -0.2) is 25.3 Å². The first-order valence-corrected chi connectivity index (χ1v) is 18.6. The average molecular weight is 603 g/mol. The maximum absolute atomic E-state index is 13.0. The molecular formula is C28H42O8S3. The van der Waals surface area contributed by atoms with Gasteiger partial charge in [0, 0.05) is 43.2 Å². The third kappa shape index (κ3) is 8.69. The van der Waals surface area contributed by atoms with Gasteiger partial charge in [-0.3, -0.25) is 0 Å². The van der Waals surface area contributed by atoms with E-state index in [0.717, 1.165) is 56.1 Å². The molecule has 220 valence electrons. The zero-order chi connectivity index (χ0) is 29.8. The number of benzene rings is 1. The summed E-state index contributed by atoms with van der Waals surface area (Å²) >= 11 is 0. The highest BCUT2D eigenvalue weighted by molar-refractivity contribution is 7.92. The van der Waals surface area contributed by atoms with Crippen LogP contribution >= 0.6 is 0 Å². The highest BCUT2D eigenvalue weighted by Crippen LogP contribution is 2.47. The Kier molecular flexibility index (Phi) is 10.7. The molecule has 0 amide bonds. The number of fused-ring (bicyclic) bond motifs is 1. The second-order valence-corrected chi connectivity index (χ2v) is 17.1. The summed E-state index contributed by atoms with van der Waals surface area (Å²) in [5.74, 6) is -1.02. The molecule has 11 heteroatoms. The molecule has 0 saturated heterocycles. The van der Waals surface area contributed by atoms with Crippen LogP contribution < -0.4 is 4.74 Å². The Bertz CT molecular complexity index is 1490. The third-order valence-corrected chi connectivity index (χ3v) is 11.0. The minimum Gasteiger partial charge on any atom is -0.507 e. The molecule has 1 heterocycles. The molecule has 2 rings (SSSR count). The molecule has 1 aromatic rings. The number of aromatic hydroxyl groups is 1. The number of sulfone groups is 3. The molecule has 0 spiro atoms. The van der Waals surface area contributed by atoms with E-state index in [1.807, 2.05) is 13.0 Å². The number of ether oxygens (including phenoxy) is 1. The van der Waals surface area contributed by atoms with Gasteiger partial charge in [0.2, 0.25) is 4.93 Å². The SMILES string of the molecule is CC(C)=CCCC(C)=CCCC(C)=CCCC1(S(C)(=O)=O)CCc2c(c(S(C)(=O)=O)cc(O)c2S(C)(=O)=O)O1. The summed E-state index contributed by atoms with van der Waals surface area (Å²) in [6.07, 6.45) is 13.2. The first kappa shape index (κ1) is 33.1. The van der Waals surface area contributed by atoms with E-state index in [1.165, 1.54) is 11.1 Å². The van der Waals surface area contributed by atoms with Crippen LogP contribution in [0.4, 0.5) is 0 Å². The number of phenols is 1. The van der Waals surface area contributed by atoms with E-state index in [9.17, 15) is 30.4 Å². The fourth-order valence-corrected chi connectivity index (χ4v) is 7.85. The zero-order valence-electron chi connectivity index (χ0n) is 24.0. The van der Waals surface area contributed by atoms with Crippen LogP contribution in [0.3, 0.4) is 0 Å². The van der Waals surface area contributed by atoms with E-state index < -0.39 is 50.0 Å². The smallest absolute Gasteiger partial charge is 0.209 e. The first-order valence-electron chi connectivity index (χ1n) is 12.9. The maximum Gasteiger partial charge on any atom is 0.209 e. The second kappa shape index (κ2) is 12.6. The van der Waals surface area contributed by atoms with Gasteiger partial charge in [-0.1, -0.05) is 34.9 Å². The van der Waals surface area contributed by atoms with Gasteiger partial charge in [0.05, 0.1) is 0 Å². The van der Waals surface area contributed by atoms with Gasteiger partial charge in [-0.15, -0.1) is 0 Å². The molecule has 1 N–H and O–H groups in total. The Balaban J connectivity index is 2.31. The summed E-state index contributed by atoms with van der Waals surface area (Å²) in [5.41, 5.74) is 3.71. The fraction of sp³-hybridized carbons (Fsp3) is 0.571. The summed E-state index contributed by atoms with van der Waals surface area (Å²) in [6.45, 7) is 8.27. The van der Waals surface area contributed by atoms with Gasteiger partial charge in [0.1, 0.15) is 21.3 Å². The van der Waals surface area contributed by atoms with Crippen LogP contribution in [0, 0.1) is 0 Å². The zero-order valence-corrected chi connectivity index (χ0v) is 26.4. The van der Waals surface area contributed by atoms with Crippen molar-refractivity contribution in [2.45, 2.75) is 93.8 Å². The van der Waals surface area contributed by atoms with Crippen LogP contribution in [-0.4, -0.2) is 54.1 Å². The molecule has 0 radical (unpaired) electrons. The van der Waals surface area contributed by atoms with E-state index in [0.29, 0.717) is 6.42 Å². The van der Waals surface area contributed by atoms with Gasteiger partial charge in [0.15, 0.2) is 29.5 Å². The van der Waals surface area contributed by atoms with Gasteiger partial charge < -0.3 is 9.84 Å². The standard InChI is InChI=1S/C28H42O8S3/c1-20(2)11-8-12-21(3)13-9-14-22(4)15-10-17-28(39(7,34)35)18-16-23-26(36-28)25(37(5,30)31)19-24(29)27(23)38(6,32)33/h11,13,15,19,29H,8-10,12,14,16-18H2,1-7H3. The van der Waals surface area contributed by atoms with Gasteiger partial charge in [-0.05, 0) is 66.2 Å². The van der Waals surface area contributed by atoms with Gasteiger partial charge in [-0.2, -0.15) is 0 Å². The number of hydrogen-bond acceptors (Lipinski definition) is 8. The third-order valence-electron chi connectivity index (χ3n) is 6.90. The predicted molar refractivity (Wildman–Crippen MR) is 155 cm³/mol. The van der Waals surface area contributed by atoms with E-state index >= 15 is 0 Å². The molecule has 0 aliphatic carbocycles.